The van der Waals surface area contributed by atoms with E-state index >= 15 is 0 Å². The Balaban J connectivity index is 2.34. The second kappa shape index (κ2) is 4.67. The predicted octanol–water partition coefficient (Wildman–Crippen LogP) is 3.36. The van der Waals surface area contributed by atoms with Crippen LogP contribution < -0.4 is 4.74 Å². The fourth-order valence-corrected chi connectivity index (χ4v) is 1.46. The van der Waals surface area contributed by atoms with Crippen LogP contribution in [0.2, 0.25) is 0 Å². The van der Waals surface area contributed by atoms with E-state index in [4.69, 9.17) is 10.00 Å². The summed E-state index contributed by atoms with van der Waals surface area (Å²) >= 11 is 0. The van der Waals surface area contributed by atoms with Crippen LogP contribution in [0, 0.1) is 25.2 Å². The van der Waals surface area contributed by atoms with Crippen molar-refractivity contribution >= 4 is 0 Å². The smallest absolute Gasteiger partial charge is 0.237 e. The van der Waals surface area contributed by atoms with Gasteiger partial charge in [0.2, 0.25) is 5.88 Å². The second-order valence-electron chi connectivity index (χ2n) is 3.83. The molecule has 0 aliphatic rings. The van der Waals surface area contributed by atoms with Gasteiger partial charge in [-0.25, -0.2) is 4.98 Å². The molecule has 0 atom stereocenters. The first kappa shape index (κ1) is 11.2. The third-order valence-corrected chi connectivity index (χ3v) is 2.47. The Hall–Kier alpha value is -2.34. The molecular weight excluding hydrogens is 212 g/mol. The van der Waals surface area contributed by atoms with E-state index in [0.29, 0.717) is 17.2 Å². The Bertz CT molecular complexity index is 568. The van der Waals surface area contributed by atoms with E-state index in [-0.39, 0.29) is 0 Å². The van der Waals surface area contributed by atoms with Gasteiger partial charge < -0.3 is 4.74 Å². The van der Waals surface area contributed by atoms with Crippen LogP contribution in [0.4, 0.5) is 0 Å². The van der Waals surface area contributed by atoms with E-state index in [1.807, 2.05) is 38.1 Å². The molecule has 0 bridgehead atoms. The molecule has 1 aromatic heterocycles. The summed E-state index contributed by atoms with van der Waals surface area (Å²) in [5, 5.41) is 9.05. The lowest BCUT2D eigenvalue weighted by Gasteiger charge is -2.07. The van der Waals surface area contributed by atoms with Crippen molar-refractivity contribution in [3.63, 3.8) is 0 Å². The number of nitrogens with zero attached hydrogens (tertiary/aromatic N) is 2. The summed E-state index contributed by atoms with van der Waals surface area (Å²) in [5.74, 6) is 1.04. The van der Waals surface area contributed by atoms with Gasteiger partial charge in [-0.15, -0.1) is 0 Å². The topological polar surface area (TPSA) is 45.9 Å². The third kappa shape index (κ3) is 2.43. The third-order valence-electron chi connectivity index (χ3n) is 2.47. The molecular formula is C14H12N2O. The zero-order chi connectivity index (χ0) is 12.3. The summed E-state index contributed by atoms with van der Waals surface area (Å²) in [5.41, 5.74) is 2.51. The largest absolute Gasteiger partial charge is 0.438 e. The highest BCUT2D eigenvalue weighted by molar-refractivity contribution is 5.45. The molecule has 0 N–H and O–H groups in total. The highest BCUT2D eigenvalue weighted by atomic mass is 16.5. The van der Waals surface area contributed by atoms with E-state index in [2.05, 4.69) is 11.1 Å². The van der Waals surface area contributed by atoms with Crippen LogP contribution in [0.25, 0.3) is 0 Å². The van der Waals surface area contributed by atoms with Gasteiger partial charge in [-0.1, -0.05) is 17.7 Å². The van der Waals surface area contributed by atoms with Crippen molar-refractivity contribution in [2.75, 3.05) is 0 Å². The van der Waals surface area contributed by atoms with Gasteiger partial charge in [0.25, 0.3) is 0 Å². The molecule has 0 amide bonds. The number of nitriles is 1. The molecule has 84 valence electrons. The van der Waals surface area contributed by atoms with Gasteiger partial charge in [0.15, 0.2) is 0 Å². The molecule has 2 rings (SSSR count). The van der Waals surface area contributed by atoms with Crippen LogP contribution in [0.1, 0.15) is 16.7 Å². The SMILES string of the molecule is Cc1ccc(Oc2nccc(C)c2C#N)cc1. The molecule has 0 aliphatic heterocycles. The maximum atomic E-state index is 9.05. The lowest BCUT2D eigenvalue weighted by atomic mass is 10.2. The van der Waals surface area contributed by atoms with Crippen molar-refractivity contribution in [2.45, 2.75) is 13.8 Å². The van der Waals surface area contributed by atoms with Gasteiger partial charge in [0.1, 0.15) is 17.4 Å². The Morgan fingerprint density at radius 3 is 2.47 bits per heavy atom. The molecule has 0 radical (unpaired) electrons. The van der Waals surface area contributed by atoms with Crippen LogP contribution in [-0.4, -0.2) is 4.98 Å². The Morgan fingerprint density at radius 2 is 1.82 bits per heavy atom. The minimum absolute atomic E-state index is 0.358. The minimum atomic E-state index is 0.358. The molecule has 3 nitrogen and oxygen atoms in total. The molecule has 0 saturated carbocycles. The van der Waals surface area contributed by atoms with Gasteiger partial charge in [0, 0.05) is 6.20 Å². The highest BCUT2D eigenvalue weighted by Crippen LogP contribution is 2.24. The van der Waals surface area contributed by atoms with Crippen molar-refractivity contribution < 1.29 is 4.74 Å². The summed E-state index contributed by atoms with van der Waals surface area (Å²) in [7, 11) is 0. The van der Waals surface area contributed by atoms with Crippen LogP contribution in [0.5, 0.6) is 11.6 Å². The van der Waals surface area contributed by atoms with E-state index in [1.165, 1.54) is 0 Å². The first-order valence-corrected chi connectivity index (χ1v) is 5.31. The molecule has 1 heterocycles. The van der Waals surface area contributed by atoms with Crippen LogP contribution >= 0.6 is 0 Å². The molecule has 2 aromatic rings. The molecule has 17 heavy (non-hydrogen) atoms. The summed E-state index contributed by atoms with van der Waals surface area (Å²) in [6, 6.07) is 11.5. The van der Waals surface area contributed by atoms with Gasteiger partial charge >= 0.3 is 0 Å². The zero-order valence-corrected chi connectivity index (χ0v) is 9.77. The predicted molar refractivity (Wildman–Crippen MR) is 64.9 cm³/mol. The van der Waals surface area contributed by atoms with Crippen molar-refractivity contribution in [2.24, 2.45) is 0 Å². The maximum absolute atomic E-state index is 9.05. The van der Waals surface area contributed by atoms with Gasteiger partial charge in [-0.2, -0.15) is 5.26 Å². The average Bonchev–Trinajstić information content (AvgIpc) is 2.32. The number of benzene rings is 1. The van der Waals surface area contributed by atoms with Gasteiger partial charge in [-0.3, -0.25) is 0 Å². The van der Waals surface area contributed by atoms with Crippen LogP contribution in [0.15, 0.2) is 36.5 Å². The molecule has 3 heteroatoms. The normalized spacial score (nSPS) is 9.71. The molecule has 0 unspecified atom stereocenters. The molecule has 1 aromatic carbocycles. The van der Waals surface area contributed by atoms with E-state index in [1.54, 1.807) is 12.3 Å². The lowest BCUT2D eigenvalue weighted by molar-refractivity contribution is 0.460. The molecule has 0 saturated heterocycles. The monoisotopic (exact) mass is 224 g/mol. The second-order valence-corrected chi connectivity index (χ2v) is 3.83. The highest BCUT2D eigenvalue weighted by Gasteiger charge is 2.08. The Labute approximate surface area is 100 Å². The standard InChI is InChI=1S/C14H12N2O/c1-10-3-5-12(6-4-10)17-14-13(9-15)11(2)7-8-16-14/h3-8H,1-2H3. The van der Waals surface area contributed by atoms with Crippen molar-refractivity contribution in [1.29, 1.82) is 5.26 Å². The summed E-state index contributed by atoms with van der Waals surface area (Å²) in [6.45, 7) is 3.87. The minimum Gasteiger partial charge on any atom is -0.438 e. The Morgan fingerprint density at radius 1 is 1.12 bits per heavy atom. The van der Waals surface area contributed by atoms with Crippen LogP contribution in [-0.2, 0) is 0 Å². The van der Waals surface area contributed by atoms with Crippen molar-refractivity contribution in [3.8, 4) is 17.7 Å². The Kier molecular flexibility index (Phi) is 3.06. The first-order chi connectivity index (χ1) is 8.20. The van der Waals surface area contributed by atoms with Crippen molar-refractivity contribution in [3.05, 3.63) is 53.2 Å². The van der Waals surface area contributed by atoms with E-state index in [0.717, 1.165) is 11.1 Å². The summed E-state index contributed by atoms with van der Waals surface area (Å²) in [4.78, 5) is 4.08. The number of pyridine rings is 1. The summed E-state index contributed by atoms with van der Waals surface area (Å²) in [6.07, 6.45) is 1.64. The molecule has 0 aliphatic carbocycles. The fraction of sp³-hybridized carbons (Fsp3) is 0.143. The average molecular weight is 224 g/mol. The quantitative estimate of drug-likeness (QED) is 0.785. The van der Waals surface area contributed by atoms with E-state index < -0.39 is 0 Å². The van der Waals surface area contributed by atoms with Crippen molar-refractivity contribution in [1.82, 2.24) is 4.98 Å². The summed E-state index contributed by atoms with van der Waals surface area (Å²) < 4.78 is 5.60. The lowest BCUT2D eigenvalue weighted by Crippen LogP contribution is -1.94. The number of rotatable bonds is 2. The van der Waals surface area contributed by atoms with Gasteiger partial charge in [0.05, 0.1) is 0 Å². The molecule has 0 fully saturated rings. The number of hydrogen-bond acceptors (Lipinski definition) is 3. The maximum Gasteiger partial charge on any atom is 0.237 e. The number of ether oxygens (including phenoxy) is 1. The van der Waals surface area contributed by atoms with Gasteiger partial charge in [-0.05, 0) is 37.6 Å². The molecule has 0 spiro atoms. The fourth-order valence-electron chi connectivity index (χ4n) is 1.46. The number of aromatic nitrogens is 1. The van der Waals surface area contributed by atoms with Crippen LogP contribution in [0.3, 0.4) is 0 Å². The zero-order valence-electron chi connectivity index (χ0n) is 9.77. The van der Waals surface area contributed by atoms with E-state index in [9.17, 15) is 0 Å². The number of hydrogen-bond donors (Lipinski definition) is 0. The number of aryl methyl sites for hydroxylation is 2. The first-order valence-electron chi connectivity index (χ1n) is 5.31.